The number of hydrogen-bond acceptors (Lipinski definition) is 3. The van der Waals surface area contributed by atoms with Gasteiger partial charge in [0.25, 0.3) is 0 Å². The summed E-state index contributed by atoms with van der Waals surface area (Å²) >= 11 is 12.0. The van der Waals surface area contributed by atoms with Gasteiger partial charge in [0.05, 0.1) is 11.6 Å². The molecule has 1 saturated carbocycles. The highest BCUT2D eigenvalue weighted by atomic mass is 35.5. The Morgan fingerprint density at radius 3 is 2.33 bits per heavy atom. The summed E-state index contributed by atoms with van der Waals surface area (Å²) in [6.45, 7) is -0.356. The van der Waals surface area contributed by atoms with Crippen molar-refractivity contribution < 1.29 is 13.5 Å². The molecule has 0 unspecified atom stereocenters. The molecule has 1 aromatic rings. The summed E-state index contributed by atoms with van der Waals surface area (Å²) < 4.78 is 27.8. The van der Waals surface area contributed by atoms with Gasteiger partial charge in [-0.15, -0.1) is 0 Å². The van der Waals surface area contributed by atoms with Crippen LogP contribution in [0.15, 0.2) is 17.0 Å². The van der Waals surface area contributed by atoms with E-state index in [9.17, 15) is 13.5 Å². The largest absolute Gasteiger partial charge is 0.392 e. The Labute approximate surface area is 135 Å². The molecule has 7 heteroatoms. The number of sulfonamides is 1. The summed E-state index contributed by atoms with van der Waals surface area (Å²) in [5, 5.41) is 9.50. The van der Waals surface area contributed by atoms with E-state index in [-0.39, 0.29) is 27.6 Å². The Balaban J connectivity index is 2.28. The molecule has 1 aromatic carbocycles. The van der Waals surface area contributed by atoms with Crippen LogP contribution in [0.3, 0.4) is 0 Å². The fourth-order valence-corrected chi connectivity index (χ4v) is 4.84. The van der Waals surface area contributed by atoms with E-state index in [1.807, 2.05) is 0 Å². The van der Waals surface area contributed by atoms with Crippen LogP contribution in [-0.2, 0) is 16.6 Å². The van der Waals surface area contributed by atoms with E-state index in [1.54, 1.807) is 0 Å². The van der Waals surface area contributed by atoms with E-state index in [2.05, 4.69) is 4.72 Å². The third-order valence-corrected chi connectivity index (χ3v) is 6.04. The molecule has 21 heavy (non-hydrogen) atoms. The van der Waals surface area contributed by atoms with Gasteiger partial charge in [-0.05, 0) is 30.5 Å². The molecule has 2 N–H and O–H groups in total. The van der Waals surface area contributed by atoms with Gasteiger partial charge in [0.15, 0.2) is 0 Å². The fourth-order valence-electron chi connectivity index (χ4n) is 2.61. The van der Waals surface area contributed by atoms with Gasteiger partial charge in [0.2, 0.25) is 10.0 Å². The van der Waals surface area contributed by atoms with Crippen molar-refractivity contribution in [3.05, 3.63) is 27.7 Å². The van der Waals surface area contributed by atoms with E-state index in [0.717, 1.165) is 38.5 Å². The summed E-state index contributed by atoms with van der Waals surface area (Å²) in [5.41, 5.74) is 0.311. The SMILES string of the molecule is O=S(=O)(NC1CCCCCC1)c1cc(Cl)cc(CO)c1Cl. The van der Waals surface area contributed by atoms with Gasteiger partial charge in [0.1, 0.15) is 4.90 Å². The van der Waals surface area contributed by atoms with Crippen molar-refractivity contribution in [2.24, 2.45) is 0 Å². The molecule has 0 heterocycles. The van der Waals surface area contributed by atoms with Crippen LogP contribution < -0.4 is 4.72 Å². The predicted octanol–water partition coefficient (Wildman–Crippen LogP) is 3.49. The van der Waals surface area contributed by atoms with E-state index in [0.29, 0.717) is 5.56 Å². The molecule has 118 valence electrons. The molecule has 0 aromatic heterocycles. The zero-order chi connectivity index (χ0) is 15.5. The average molecular weight is 352 g/mol. The van der Waals surface area contributed by atoms with E-state index >= 15 is 0 Å². The van der Waals surface area contributed by atoms with Crippen LogP contribution in [0.25, 0.3) is 0 Å². The molecule has 0 saturated heterocycles. The van der Waals surface area contributed by atoms with Gasteiger partial charge in [-0.2, -0.15) is 0 Å². The zero-order valence-electron chi connectivity index (χ0n) is 11.6. The van der Waals surface area contributed by atoms with Gasteiger partial charge >= 0.3 is 0 Å². The maximum atomic E-state index is 12.5. The lowest BCUT2D eigenvalue weighted by Gasteiger charge is -2.18. The number of nitrogens with one attached hydrogen (secondary N) is 1. The highest BCUT2D eigenvalue weighted by Crippen LogP contribution is 2.30. The molecule has 2 rings (SSSR count). The van der Waals surface area contributed by atoms with Gasteiger partial charge in [0, 0.05) is 11.1 Å². The Morgan fingerprint density at radius 2 is 1.76 bits per heavy atom. The smallest absolute Gasteiger partial charge is 0.242 e. The van der Waals surface area contributed by atoms with Crippen LogP contribution in [0, 0.1) is 0 Å². The summed E-state index contributed by atoms with van der Waals surface area (Å²) in [6.07, 6.45) is 6.01. The Morgan fingerprint density at radius 1 is 1.14 bits per heavy atom. The summed E-state index contributed by atoms with van der Waals surface area (Å²) in [6, 6.07) is 2.72. The normalized spacial score (nSPS) is 17.7. The van der Waals surface area contributed by atoms with Crippen molar-refractivity contribution in [1.29, 1.82) is 0 Å². The lowest BCUT2D eigenvalue weighted by molar-refractivity contribution is 0.281. The lowest BCUT2D eigenvalue weighted by atomic mass is 10.1. The molecular formula is C14H19Cl2NO3S. The molecule has 0 bridgehead atoms. The lowest BCUT2D eigenvalue weighted by Crippen LogP contribution is -2.34. The number of hydrogen-bond donors (Lipinski definition) is 2. The van der Waals surface area contributed by atoms with Crippen molar-refractivity contribution >= 4 is 33.2 Å². The van der Waals surface area contributed by atoms with E-state index in [4.69, 9.17) is 23.2 Å². The number of aliphatic hydroxyl groups is 1. The molecule has 0 spiro atoms. The maximum Gasteiger partial charge on any atom is 0.242 e. The van der Waals surface area contributed by atoms with Crippen LogP contribution in [0.5, 0.6) is 0 Å². The second-order valence-corrected chi connectivity index (χ2v) is 7.84. The van der Waals surface area contributed by atoms with Crippen LogP contribution in [0.2, 0.25) is 10.0 Å². The van der Waals surface area contributed by atoms with Crippen molar-refractivity contribution in [3.8, 4) is 0 Å². The summed E-state index contributed by atoms with van der Waals surface area (Å²) in [7, 11) is -3.74. The standard InChI is InChI=1S/C14H19Cl2NO3S/c15-11-7-10(9-18)14(16)13(8-11)21(19,20)17-12-5-3-1-2-4-6-12/h7-8,12,17-18H,1-6,9H2. The molecular weight excluding hydrogens is 333 g/mol. The first-order valence-corrected chi connectivity index (χ1v) is 9.29. The fraction of sp³-hybridized carbons (Fsp3) is 0.571. The van der Waals surface area contributed by atoms with E-state index < -0.39 is 10.0 Å². The van der Waals surface area contributed by atoms with Crippen molar-refractivity contribution in [2.45, 2.75) is 56.1 Å². The predicted molar refractivity (Wildman–Crippen MR) is 84.2 cm³/mol. The first kappa shape index (κ1) is 17.0. The second-order valence-electron chi connectivity index (χ2n) is 5.34. The Kier molecular flexibility index (Phi) is 5.91. The van der Waals surface area contributed by atoms with Crippen LogP contribution in [0.4, 0.5) is 0 Å². The first-order chi connectivity index (χ1) is 9.94. The quantitative estimate of drug-likeness (QED) is 0.816. The Hall–Kier alpha value is -0.330. The third kappa shape index (κ3) is 4.33. The number of halogens is 2. The molecule has 4 nitrogen and oxygen atoms in total. The van der Waals surface area contributed by atoms with Crippen LogP contribution in [0.1, 0.15) is 44.1 Å². The first-order valence-electron chi connectivity index (χ1n) is 7.05. The van der Waals surface area contributed by atoms with E-state index in [1.165, 1.54) is 12.1 Å². The summed E-state index contributed by atoms with van der Waals surface area (Å²) in [4.78, 5) is -0.0648. The molecule has 1 aliphatic carbocycles. The van der Waals surface area contributed by atoms with Crippen molar-refractivity contribution in [2.75, 3.05) is 0 Å². The van der Waals surface area contributed by atoms with Crippen molar-refractivity contribution in [1.82, 2.24) is 4.72 Å². The van der Waals surface area contributed by atoms with Gasteiger partial charge < -0.3 is 5.11 Å². The van der Waals surface area contributed by atoms with Gasteiger partial charge in [-0.1, -0.05) is 48.9 Å². The van der Waals surface area contributed by atoms with Crippen molar-refractivity contribution in [3.63, 3.8) is 0 Å². The zero-order valence-corrected chi connectivity index (χ0v) is 13.9. The molecule has 0 amide bonds. The van der Waals surface area contributed by atoms with Crippen LogP contribution in [-0.4, -0.2) is 19.6 Å². The highest BCUT2D eigenvalue weighted by molar-refractivity contribution is 7.89. The molecule has 1 aliphatic rings. The number of rotatable bonds is 4. The minimum Gasteiger partial charge on any atom is -0.392 e. The Bertz CT molecular complexity index is 596. The summed E-state index contributed by atoms with van der Waals surface area (Å²) in [5.74, 6) is 0. The molecule has 0 atom stereocenters. The highest BCUT2D eigenvalue weighted by Gasteiger charge is 2.25. The average Bonchev–Trinajstić information content (AvgIpc) is 2.68. The molecule has 1 fully saturated rings. The monoisotopic (exact) mass is 351 g/mol. The topological polar surface area (TPSA) is 66.4 Å². The third-order valence-electron chi connectivity index (χ3n) is 3.72. The number of aliphatic hydroxyl groups excluding tert-OH is 1. The van der Waals surface area contributed by atoms with Gasteiger partial charge in [-0.25, -0.2) is 13.1 Å². The van der Waals surface area contributed by atoms with Crippen LogP contribution >= 0.6 is 23.2 Å². The minimum atomic E-state index is -3.74. The second kappa shape index (κ2) is 7.29. The van der Waals surface area contributed by atoms with Gasteiger partial charge in [-0.3, -0.25) is 0 Å². The molecule has 0 aliphatic heterocycles. The maximum absolute atomic E-state index is 12.5. The minimum absolute atomic E-state index is 0.0306. The number of benzene rings is 1. The molecule has 0 radical (unpaired) electrons.